The van der Waals surface area contributed by atoms with E-state index in [2.05, 4.69) is 41.7 Å². The lowest BCUT2D eigenvalue weighted by molar-refractivity contribution is -0.127. The zero-order valence-electron chi connectivity index (χ0n) is 33.1. The number of azo groups is 2. The predicted molar refractivity (Wildman–Crippen MR) is 242 cm³/mol. The molecule has 0 saturated carbocycles. The maximum Gasteiger partial charge on any atom is 0.258 e. The molecule has 0 aromatic heterocycles. The molecule has 4 amide bonds. The molecular formula is C44H38Cl4N8O6. The number of hydrogen-bond acceptors (Lipinski definition) is 10. The van der Waals surface area contributed by atoms with E-state index in [9.17, 15) is 28.8 Å². The Morgan fingerprint density at radius 3 is 1.24 bits per heavy atom. The van der Waals surface area contributed by atoms with Gasteiger partial charge in [-0.2, -0.15) is 20.5 Å². The van der Waals surface area contributed by atoms with Gasteiger partial charge in [0.15, 0.2) is 11.6 Å². The van der Waals surface area contributed by atoms with Gasteiger partial charge in [0.05, 0.1) is 32.5 Å². The Morgan fingerprint density at radius 1 is 0.500 bits per heavy atom. The van der Waals surface area contributed by atoms with Gasteiger partial charge < -0.3 is 21.3 Å². The molecule has 0 heterocycles. The molecule has 0 aliphatic carbocycles. The van der Waals surface area contributed by atoms with Crippen molar-refractivity contribution in [1.82, 2.24) is 0 Å². The molecule has 5 aromatic carbocycles. The molecule has 18 heteroatoms. The van der Waals surface area contributed by atoms with Crippen LogP contribution < -0.4 is 21.3 Å². The number of anilines is 4. The predicted octanol–water partition coefficient (Wildman–Crippen LogP) is 10.4. The fourth-order valence-corrected chi connectivity index (χ4v) is 6.51. The second-order valence-corrected chi connectivity index (χ2v) is 15.1. The highest BCUT2D eigenvalue weighted by atomic mass is 35.5. The van der Waals surface area contributed by atoms with Crippen molar-refractivity contribution in [3.8, 4) is 0 Å². The molecule has 2 unspecified atom stereocenters. The van der Waals surface area contributed by atoms with Crippen LogP contribution in [-0.2, 0) is 32.0 Å². The molecule has 5 aromatic rings. The van der Waals surface area contributed by atoms with E-state index < -0.39 is 47.3 Å². The van der Waals surface area contributed by atoms with Gasteiger partial charge in [-0.25, -0.2) is 0 Å². The second-order valence-electron chi connectivity index (χ2n) is 13.5. The summed E-state index contributed by atoms with van der Waals surface area (Å²) in [5, 5.41) is 27.0. The van der Waals surface area contributed by atoms with Crippen LogP contribution in [0.25, 0.3) is 0 Å². The Hall–Kier alpha value is -6.32. The summed E-state index contributed by atoms with van der Waals surface area (Å²) >= 11 is 24.3. The lowest BCUT2D eigenvalue weighted by Crippen LogP contribution is -2.32. The van der Waals surface area contributed by atoms with Crippen molar-refractivity contribution in [2.24, 2.45) is 20.5 Å². The largest absolute Gasteiger partial charge is 0.324 e. The van der Waals surface area contributed by atoms with Crippen molar-refractivity contribution < 1.29 is 28.8 Å². The zero-order chi connectivity index (χ0) is 44.8. The van der Waals surface area contributed by atoms with Gasteiger partial charge in [0.25, 0.3) is 23.6 Å². The molecule has 0 fully saturated rings. The molecule has 0 saturated heterocycles. The van der Waals surface area contributed by atoms with Gasteiger partial charge in [-0.05, 0) is 123 Å². The highest BCUT2D eigenvalue weighted by Crippen LogP contribution is 2.27. The highest BCUT2D eigenvalue weighted by molar-refractivity contribution is 6.35. The van der Waals surface area contributed by atoms with E-state index in [1.807, 2.05) is 12.1 Å². The summed E-state index contributed by atoms with van der Waals surface area (Å²) in [5.41, 5.74) is 4.00. The summed E-state index contributed by atoms with van der Waals surface area (Å²) in [7, 11) is 0. The van der Waals surface area contributed by atoms with Gasteiger partial charge in [0, 0.05) is 34.5 Å². The molecule has 62 heavy (non-hydrogen) atoms. The molecule has 4 N–H and O–H groups in total. The van der Waals surface area contributed by atoms with Crippen LogP contribution in [0.2, 0.25) is 10.0 Å². The van der Waals surface area contributed by atoms with Crippen LogP contribution in [0, 0.1) is 0 Å². The SMILES string of the molecule is CC(=O)C(N=Nc1ccc(Cl)c(C(=O)Nc2cccc(CCCl)c2)c1)C(=O)Nc1ccc(NC(=O)C(N=Nc2ccc(Cl)c(C(=O)Nc3cccc(CCCl)c3)c2)C(C)=O)cc1. The average Bonchev–Trinajstić information content (AvgIpc) is 3.23. The van der Waals surface area contributed by atoms with Gasteiger partial charge in [-0.1, -0.05) is 47.5 Å². The Labute approximate surface area is 376 Å². The van der Waals surface area contributed by atoms with Crippen molar-refractivity contribution >= 4 is 116 Å². The van der Waals surface area contributed by atoms with E-state index in [4.69, 9.17) is 46.4 Å². The summed E-state index contributed by atoms with van der Waals surface area (Å²) in [6.45, 7) is 2.36. The van der Waals surface area contributed by atoms with Gasteiger partial charge >= 0.3 is 0 Å². The molecule has 0 aliphatic rings. The van der Waals surface area contributed by atoms with Crippen molar-refractivity contribution in [2.45, 2.75) is 38.8 Å². The minimum Gasteiger partial charge on any atom is -0.324 e. The topological polar surface area (TPSA) is 200 Å². The number of nitrogens with zero attached hydrogens (tertiary/aromatic N) is 4. The average molecular weight is 917 g/mol. The number of halogens is 4. The number of alkyl halides is 2. The maximum atomic E-state index is 13.1. The van der Waals surface area contributed by atoms with Gasteiger partial charge in [-0.15, -0.1) is 23.2 Å². The van der Waals surface area contributed by atoms with Gasteiger partial charge in [-0.3, -0.25) is 28.8 Å². The minimum absolute atomic E-state index is 0.0954. The zero-order valence-corrected chi connectivity index (χ0v) is 36.1. The quantitative estimate of drug-likeness (QED) is 0.0383. The lowest BCUT2D eigenvalue weighted by Gasteiger charge is -2.12. The van der Waals surface area contributed by atoms with Crippen LogP contribution in [0.15, 0.2) is 130 Å². The number of carbonyl (C=O) groups excluding carboxylic acids is 6. The summed E-state index contributed by atoms with van der Waals surface area (Å²) in [6, 6.07) is 25.8. The Kier molecular flexibility index (Phi) is 17.0. The molecule has 0 aliphatic heterocycles. The van der Waals surface area contributed by atoms with Crippen LogP contribution in [0.4, 0.5) is 34.1 Å². The van der Waals surface area contributed by atoms with Gasteiger partial charge in [0.1, 0.15) is 0 Å². The smallest absolute Gasteiger partial charge is 0.258 e. The molecule has 14 nitrogen and oxygen atoms in total. The molecule has 0 spiro atoms. The highest BCUT2D eigenvalue weighted by Gasteiger charge is 2.25. The van der Waals surface area contributed by atoms with Crippen molar-refractivity contribution in [3.63, 3.8) is 0 Å². The number of ketones is 2. The number of carbonyl (C=O) groups is 6. The first kappa shape index (κ1) is 46.7. The third kappa shape index (κ3) is 13.3. The summed E-state index contributed by atoms with van der Waals surface area (Å²) in [4.78, 5) is 77.4. The number of Topliss-reactive ketones (excluding diaryl/α,β-unsaturated/α-hetero) is 2. The van der Waals surface area contributed by atoms with E-state index >= 15 is 0 Å². The molecule has 5 rings (SSSR count). The Bertz CT molecular complexity index is 2380. The van der Waals surface area contributed by atoms with Crippen molar-refractivity contribution in [2.75, 3.05) is 33.0 Å². The number of amides is 4. The normalized spacial score (nSPS) is 12.1. The van der Waals surface area contributed by atoms with Crippen LogP contribution in [0.1, 0.15) is 45.7 Å². The number of nitrogens with one attached hydrogen (secondary N) is 4. The van der Waals surface area contributed by atoms with Crippen LogP contribution in [-0.4, -0.2) is 59.0 Å². The fourth-order valence-electron chi connectivity index (χ4n) is 5.67. The second kappa shape index (κ2) is 22.5. The minimum atomic E-state index is -1.54. The van der Waals surface area contributed by atoms with Gasteiger partial charge in [0.2, 0.25) is 12.1 Å². The first-order chi connectivity index (χ1) is 29.7. The number of aryl methyl sites for hydroxylation is 2. The van der Waals surface area contributed by atoms with E-state index in [1.165, 1.54) is 74.5 Å². The Balaban J connectivity index is 1.20. The molecule has 0 radical (unpaired) electrons. The lowest BCUT2D eigenvalue weighted by atomic mass is 10.1. The maximum absolute atomic E-state index is 13.1. The fraction of sp³-hybridized carbons (Fsp3) is 0.182. The van der Waals surface area contributed by atoms with Crippen molar-refractivity contribution in [1.29, 1.82) is 0 Å². The van der Waals surface area contributed by atoms with E-state index in [-0.39, 0.29) is 43.9 Å². The number of rotatable bonds is 18. The third-order valence-electron chi connectivity index (χ3n) is 8.79. The summed E-state index contributed by atoms with van der Waals surface area (Å²) in [5.74, 6) is -2.96. The molecule has 318 valence electrons. The first-order valence-corrected chi connectivity index (χ1v) is 20.6. The van der Waals surface area contributed by atoms with E-state index in [0.29, 0.717) is 36.0 Å². The first-order valence-electron chi connectivity index (χ1n) is 18.8. The summed E-state index contributed by atoms with van der Waals surface area (Å²) in [6.07, 6.45) is 1.25. The van der Waals surface area contributed by atoms with E-state index in [0.717, 1.165) is 11.1 Å². The van der Waals surface area contributed by atoms with Crippen molar-refractivity contribution in [3.05, 3.63) is 141 Å². The van der Waals surface area contributed by atoms with Crippen LogP contribution in [0.3, 0.4) is 0 Å². The molecule has 0 bridgehead atoms. The Morgan fingerprint density at radius 2 is 0.887 bits per heavy atom. The van der Waals surface area contributed by atoms with E-state index in [1.54, 1.807) is 36.4 Å². The molecule has 2 atom stereocenters. The van der Waals surface area contributed by atoms with Crippen LogP contribution in [0.5, 0.6) is 0 Å². The molecular weight excluding hydrogens is 878 g/mol. The number of hydrogen-bond donors (Lipinski definition) is 4. The third-order valence-corrected chi connectivity index (χ3v) is 9.83. The standard InChI is InChI=1S/C44H38Cl4N8O6/c1-25(57)39(55-53-33-13-15-37(47)35(23-33)41(59)51-31-7-3-5-27(21-31)17-19-45)43(61)49-29-9-11-30(12-10-29)50-44(62)40(26(2)58)56-54-34-14-16-38(48)36(24-34)42(60)52-32-8-4-6-28(22-32)18-20-46/h3-16,21-24,39-40H,17-20H2,1-2H3,(H,49,61)(H,50,62)(H,51,59)(H,52,60). The summed E-state index contributed by atoms with van der Waals surface area (Å²) < 4.78 is 0. The monoisotopic (exact) mass is 914 g/mol. The van der Waals surface area contributed by atoms with Crippen LogP contribution >= 0.6 is 46.4 Å². The number of benzene rings is 5.